The van der Waals surface area contributed by atoms with Crippen LogP contribution in [-0.2, 0) is 0 Å². The summed E-state index contributed by atoms with van der Waals surface area (Å²) in [5.74, 6) is -0.136. The molecule has 2 rings (SSSR count). The van der Waals surface area contributed by atoms with Crippen LogP contribution in [0.5, 0.6) is 0 Å². The van der Waals surface area contributed by atoms with Crippen molar-refractivity contribution in [3.63, 3.8) is 0 Å². The third kappa shape index (κ3) is 4.02. The molecule has 1 heterocycles. The molecule has 0 aliphatic rings. The smallest absolute Gasteiger partial charge is 0.295 e. The molecule has 0 saturated carbocycles. The van der Waals surface area contributed by atoms with Crippen LogP contribution < -0.4 is 11.2 Å². The Labute approximate surface area is 155 Å². The van der Waals surface area contributed by atoms with E-state index < -0.39 is 14.4 Å². The maximum Gasteiger partial charge on any atom is 0.346 e. The van der Waals surface area contributed by atoms with E-state index in [1.165, 1.54) is 31.2 Å². The third-order valence-electron chi connectivity index (χ3n) is 2.92. The van der Waals surface area contributed by atoms with Crippen molar-refractivity contribution in [2.45, 2.75) is 10.0 Å². The van der Waals surface area contributed by atoms with E-state index >= 15 is 0 Å². The van der Waals surface area contributed by atoms with Gasteiger partial charge in [0.1, 0.15) is 11.6 Å². The Morgan fingerprint density at radius 3 is 2.25 bits per heavy atom. The molecule has 0 fully saturated rings. The van der Waals surface area contributed by atoms with Crippen LogP contribution in [0.2, 0.25) is 0 Å². The Bertz CT molecular complexity index is 953. The maximum absolute atomic E-state index is 12.5. The second-order valence-corrected chi connectivity index (χ2v) is 8.66. The third-order valence-corrected chi connectivity index (χ3v) is 4.25. The molecule has 2 aromatic rings. The lowest BCUT2D eigenvalue weighted by Gasteiger charge is -2.14. The second kappa shape index (κ2) is 7.03. The Kier molecular flexibility index (Phi) is 5.45. The molecule has 0 aliphatic heterocycles. The first-order valence-electron chi connectivity index (χ1n) is 6.30. The van der Waals surface area contributed by atoms with Crippen LogP contribution in [0.15, 0.2) is 40.1 Å². The van der Waals surface area contributed by atoms with Crippen molar-refractivity contribution in [3.05, 3.63) is 62.4 Å². The van der Waals surface area contributed by atoms with Crippen LogP contribution in [-0.4, -0.2) is 17.4 Å². The van der Waals surface area contributed by atoms with Crippen LogP contribution >= 0.6 is 46.8 Å². The Morgan fingerprint density at radius 2 is 1.79 bits per heavy atom. The number of rotatable bonds is 3. The molecule has 1 aromatic carbocycles. The minimum Gasteiger partial charge on any atom is -0.295 e. The van der Waals surface area contributed by atoms with Gasteiger partial charge in [0.25, 0.3) is 8.68 Å². The highest BCUT2D eigenvalue weighted by Gasteiger charge is 2.26. The summed E-state index contributed by atoms with van der Waals surface area (Å²) in [4.78, 5) is 35.9. The van der Waals surface area contributed by atoms with Crippen LogP contribution in [0.3, 0.4) is 0 Å². The highest BCUT2D eigenvalue weighted by atomic mass is 35.6. The Balaban J connectivity index is 2.69. The van der Waals surface area contributed by atoms with E-state index in [1.807, 2.05) is 0 Å². The number of ketones is 1. The van der Waals surface area contributed by atoms with Gasteiger partial charge in [-0.2, -0.15) is 9.23 Å². The molecule has 0 aliphatic carbocycles. The van der Waals surface area contributed by atoms with Gasteiger partial charge >= 0.3 is 5.69 Å². The zero-order valence-electron chi connectivity index (χ0n) is 12.0. The number of benzene rings is 1. The molecule has 0 spiro atoms. The van der Waals surface area contributed by atoms with Crippen molar-refractivity contribution in [3.8, 4) is 11.8 Å². The summed E-state index contributed by atoms with van der Waals surface area (Å²) in [6.45, 7) is 1.41. The molecule has 124 valence electrons. The molecule has 0 amide bonds. The van der Waals surface area contributed by atoms with Gasteiger partial charge in [0.15, 0.2) is 5.78 Å². The summed E-state index contributed by atoms with van der Waals surface area (Å²) in [5.41, 5.74) is -1.18. The molecule has 0 bridgehead atoms. The number of alkyl halides is 3. The number of carbonyl (C=O) groups is 1. The lowest BCUT2D eigenvalue weighted by atomic mass is 10.1. The number of carbonyl (C=O) groups excluding carboxylic acids is 1. The quantitative estimate of drug-likeness (QED) is 0.580. The van der Waals surface area contributed by atoms with Crippen molar-refractivity contribution in [1.82, 2.24) is 8.54 Å². The lowest BCUT2D eigenvalue weighted by molar-refractivity contribution is 0.101. The first kappa shape index (κ1) is 18.6. The average molecular weight is 405 g/mol. The number of halogens is 3. The van der Waals surface area contributed by atoms with Crippen LogP contribution in [0.25, 0.3) is 5.69 Å². The summed E-state index contributed by atoms with van der Waals surface area (Å²) in [7, 11) is 0. The fourth-order valence-electron chi connectivity index (χ4n) is 1.84. The molecule has 0 saturated heterocycles. The Hall–Kier alpha value is -1.72. The van der Waals surface area contributed by atoms with Gasteiger partial charge in [-0.3, -0.25) is 14.2 Å². The first-order valence-corrected chi connectivity index (χ1v) is 8.21. The lowest BCUT2D eigenvalue weighted by Crippen LogP contribution is -2.38. The second-order valence-electron chi connectivity index (χ2n) is 4.55. The predicted octanol–water partition coefficient (Wildman–Crippen LogP) is 2.90. The van der Waals surface area contributed by atoms with Gasteiger partial charge in [-0.05, 0) is 31.2 Å². The largest absolute Gasteiger partial charge is 0.346 e. The van der Waals surface area contributed by atoms with Crippen molar-refractivity contribution in [2.75, 3.05) is 0 Å². The minimum atomic E-state index is -1.96. The number of hydrogen-bond acceptors (Lipinski definition) is 5. The van der Waals surface area contributed by atoms with E-state index in [0.29, 0.717) is 27.2 Å². The normalized spacial score (nSPS) is 11.1. The molecular weight excluding hydrogens is 397 g/mol. The monoisotopic (exact) mass is 403 g/mol. The number of nitrogens with zero attached hydrogens (tertiary/aromatic N) is 3. The topological polar surface area (TPSA) is 84.9 Å². The summed E-state index contributed by atoms with van der Waals surface area (Å²) >= 11 is 17.2. The molecule has 0 radical (unpaired) electrons. The van der Waals surface area contributed by atoms with Gasteiger partial charge in [0.2, 0.25) is 0 Å². The summed E-state index contributed by atoms with van der Waals surface area (Å²) in [5, 5.41) is 9.09. The van der Waals surface area contributed by atoms with Gasteiger partial charge in [-0.15, -0.1) is 0 Å². The zero-order valence-corrected chi connectivity index (χ0v) is 15.1. The molecular formula is C14H8Cl3N3O3S. The van der Waals surface area contributed by atoms with Gasteiger partial charge in [-0.1, -0.05) is 34.8 Å². The standard InChI is InChI=1S/C14H8Cl3N3O3S/c1-8(21)9-2-4-11(5-3-9)19-7-10(6-18)12(22)20(13(19)23)24-14(15,16)17/h2-5,7H,1H3. The van der Waals surface area contributed by atoms with E-state index in [1.54, 1.807) is 6.07 Å². The van der Waals surface area contributed by atoms with Crippen molar-refractivity contribution < 1.29 is 4.79 Å². The van der Waals surface area contributed by atoms with Crippen molar-refractivity contribution >= 4 is 52.5 Å². The maximum atomic E-state index is 12.5. The van der Waals surface area contributed by atoms with E-state index in [9.17, 15) is 14.4 Å². The van der Waals surface area contributed by atoms with Crippen LogP contribution in [0.1, 0.15) is 22.8 Å². The molecule has 1 aromatic heterocycles. The zero-order chi connectivity index (χ0) is 18.1. The molecule has 6 nitrogen and oxygen atoms in total. The summed E-state index contributed by atoms with van der Waals surface area (Å²) < 4.78 is -0.300. The molecule has 0 unspecified atom stereocenters. The van der Waals surface area contributed by atoms with E-state index in [-0.39, 0.29) is 11.3 Å². The predicted molar refractivity (Wildman–Crippen MR) is 94.3 cm³/mol. The van der Waals surface area contributed by atoms with E-state index in [4.69, 9.17) is 40.1 Å². The van der Waals surface area contributed by atoms with Crippen LogP contribution in [0.4, 0.5) is 0 Å². The molecule has 0 atom stereocenters. The molecule has 10 heteroatoms. The summed E-state index contributed by atoms with van der Waals surface area (Å²) in [6, 6.07) is 7.76. The molecule has 24 heavy (non-hydrogen) atoms. The van der Waals surface area contributed by atoms with E-state index in [0.717, 1.165) is 10.8 Å². The number of Topliss-reactive ketones (excluding diaryl/α,β-unsaturated/α-hetero) is 1. The minimum absolute atomic E-state index is 0.136. The Morgan fingerprint density at radius 1 is 1.21 bits per heavy atom. The number of hydrogen-bond donors (Lipinski definition) is 0. The fourth-order valence-corrected chi connectivity index (χ4v) is 3.01. The fraction of sp³-hybridized carbons (Fsp3) is 0.143. The SMILES string of the molecule is CC(=O)c1ccc(-n2cc(C#N)c(=O)n(SC(Cl)(Cl)Cl)c2=O)cc1. The van der Waals surface area contributed by atoms with Gasteiger partial charge in [-0.25, -0.2) is 4.79 Å². The highest BCUT2D eigenvalue weighted by Crippen LogP contribution is 2.38. The number of aromatic nitrogens is 2. The van der Waals surface area contributed by atoms with Crippen molar-refractivity contribution in [2.24, 2.45) is 0 Å². The summed E-state index contributed by atoms with van der Waals surface area (Å²) in [6.07, 6.45) is 1.10. The molecule has 0 N–H and O–H groups in total. The van der Waals surface area contributed by atoms with Crippen molar-refractivity contribution in [1.29, 1.82) is 5.26 Å². The average Bonchev–Trinajstić information content (AvgIpc) is 2.51. The van der Waals surface area contributed by atoms with Gasteiger partial charge in [0.05, 0.1) is 5.69 Å². The van der Waals surface area contributed by atoms with Crippen LogP contribution in [0, 0.1) is 11.3 Å². The van der Waals surface area contributed by atoms with Gasteiger partial charge < -0.3 is 0 Å². The first-order chi connectivity index (χ1) is 11.1. The highest BCUT2D eigenvalue weighted by molar-refractivity contribution is 8.03. The van der Waals surface area contributed by atoms with E-state index in [2.05, 4.69) is 0 Å². The van der Waals surface area contributed by atoms with Gasteiger partial charge in [0, 0.05) is 23.7 Å². The number of nitriles is 1.